The van der Waals surface area contributed by atoms with Gasteiger partial charge in [0.05, 0.1) is 0 Å². The van der Waals surface area contributed by atoms with Crippen molar-refractivity contribution in [3.05, 3.63) is 33.8 Å². The van der Waals surface area contributed by atoms with E-state index in [1.165, 1.54) is 6.42 Å². The smallest absolute Gasteiger partial charge is 0.251 e. The Morgan fingerprint density at radius 1 is 1.19 bits per heavy atom. The van der Waals surface area contributed by atoms with E-state index in [1.54, 1.807) is 0 Å². The first-order valence-corrected chi connectivity index (χ1v) is 8.45. The highest BCUT2D eigenvalue weighted by molar-refractivity contribution is 9.10. The largest absolute Gasteiger partial charge is 0.349 e. The third kappa shape index (κ3) is 4.09. The van der Waals surface area contributed by atoms with Gasteiger partial charge in [0.15, 0.2) is 0 Å². The summed E-state index contributed by atoms with van der Waals surface area (Å²) < 4.78 is 0.986. The number of amides is 1. The molecule has 0 aromatic heterocycles. The van der Waals surface area contributed by atoms with E-state index in [9.17, 15) is 4.79 Å². The average molecular weight is 352 g/mol. The molecule has 0 unspecified atom stereocenters. The lowest BCUT2D eigenvalue weighted by atomic mass is 9.63. The molecule has 21 heavy (non-hydrogen) atoms. The molecule has 0 saturated heterocycles. The Morgan fingerprint density at radius 3 is 2.33 bits per heavy atom. The van der Waals surface area contributed by atoms with E-state index < -0.39 is 0 Å². The van der Waals surface area contributed by atoms with Crippen molar-refractivity contribution in [2.45, 2.75) is 59.9 Å². The van der Waals surface area contributed by atoms with Crippen molar-refractivity contribution in [1.82, 2.24) is 5.32 Å². The average Bonchev–Trinajstić information content (AvgIpc) is 2.28. The van der Waals surface area contributed by atoms with Crippen LogP contribution in [0.3, 0.4) is 0 Å². The second-order valence-corrected chi connectivity index (χ2v) is 8.85. The molecule has 0 aliphatic heterocycles. The van der Waals surface area contributed by atoms with Gasteiger partial charge in [-0.2, -0.15) is 0 Å². The van der Waals surface area contributed by atoms with Crippen LogP contribution < -0.4 is 5.32 Å². The van der Waals surface area contributed by atoms with Crippen molar-refractivity contribution in [3.8, 4) is 0 Å². The highest BCUT2D eigenvalue weighted by Crippen LogP contribution is 2.45. The zero-order chi connectivity index (χ0) is 15.8. The number of benzene rings is 1. The molecule has 0 atom stereocenters. The molecule has 2 rings (SSSR count). The van der Waals surface area contributed by atoms with Gasteiger partial charge >= 0.3 is 0 Å². The second-order valence-electron chi connectivity index (χ2n) is 8.00. The van der Waals surface area contributed by atoms with E-state index in [-0.39, 0.29) is 22.8 Å². The lowest BCUT2D eigenvalue weighted by molar-refractivity contribution is 0.0713. The maximum absolute atomic E-state index is 12.6. The highest BCUT2D eigenvalue weighted by Gasteiger charge is 2.39. The third-order valence-corrected chi connectivity index (χ3v) is 5.26. The van der Waals surface area contributed by atoms with Crippen LogP contribution in [0.5, 0.6) is 0 Å². The van der Waals surface area contributed by atoms with Gasteiger partial charge in [-0.3, -0.25) is 4.79 Å². The Labute approximate surface area is 136 Å². The minimum Gasteiger partial charge on any atom is -0.349 e. The predicted octanol–water partition coefficient (Wildman–Crippen LogP) is 5.09. The first kappa shape index (κ1) is 16.5. The molecule has 116 valence electrons. The molecule has 3 heteroatoms. The molecule has 1 aliphatic carbocycles. The minimum absolute atomic E-state index is 0.0484. The van der Waals surface area contributed by atoms with Crippen LogP contribution in [0.25, 0.3) is 0 Å². The normalized spacial score (nSPS) is 21.0. The van der Waals surface area contributed by atoms with Gasteiger partial charge in [0.25, 0.3) is 5.91 Å². The number of halogens is 1. The number of hydrogen-bond donors (Lipinski definition) is 1. The Morgan fingerprint density at radius 2 is 1.76 bits per heavy atom. The summed E-state index contributed by atoms with van der Waals surface area (Å²) in [4.78, 5) is 12.6. The van der Waals surface area contributed by atoms with E-state index in [4.69, 9.17) is 0 Å². The quantitative estimate of drug-likeness (QED) is 0.789. The summed E-state index contributed by atoms with van der Waals surface area (Å²) in [6.07, 6.45) is 3.31. The molecule has 1 aliphatic rings. The zero-order valence-electron chi connectivity index (χ0n) is 13.7. The van der Waals surface area contributed by atoms with Gasteiger partial charge in [0.2, 0.25) is 0 Å². The van der Waals surface area contributed by atoms with Crippen molar-refractivity contribution in [3.63, 3.8) is 0 Å². The van der Waals surface area contributed by atoms with Crippen LogP contribution >= 0.6 is 15.9 Å². The van der Waals surface area contributed by atoms with E-state index in [1.807, 2.05) is 25.1 Å². The molecule has 1 fully saturated rings. The third-order valence-electron chi connectivity index (χ3n) is 4.40. The molecule has 0 spiro atoms. The summed E-state index contributed by atoms with van der Waals surface area (Å²) in [5, 5.41) is 3.25. The van der Waals surface area contributed by atoms with Gasteiger partial charge in [-0.1, -0.05) is 49.7 Å². The Hall–Kier alpha value is -0.830. The van der Waals surface area contributed by atoms with Gasteiger partial charge < -0.3 is 5.32 Å². The van der Waals surface area contributed by atoms with Crippen LogP contribution in [0, 0.1) is 17.8 Å². The van der Waals surface area contributed by atoms with Gasteiger partial charge in [-0.25, -0.2) is 0 Å². The molecule has 1 saturated carbocycles. The molecular weight excluding hydrogens is 326 g/mol. The van der Waals surface area contributed by atoms with Crippen molar-refractivity contribution in [2.75, 3.05) is 0 Å². The second kappa shape index (κ2) is 5.75. The Kier molecular flexibility index (Phi) is 4.53. The molecule has 1 amide bonds. The summed E-state index contributed by atoms with van der Waals surface area (Å²) >= 11 is 3.50. The van der Waals surface area contributed by atoms with Crippen LogP contribution in [0.4, 0.5) is 0 Å². The predicted molar refractivity (Wildman–Crippen MR) is 91.5 cm³/mol. The fourth-order valence-electron chi connectivity index (χ4n) is 4.06. The molecule has 1 aromatic rings. The molecule has 1 N–H and O–H groups in total. The maximum atomic E-state index is 12.6. The Balaban J connectivity index is 2.14. The fraction of sp³-hybridized carbons (Fsp3) is 0.611. The summed E-state index contributed by atoms with van der Waals surface area (Å²) in [5.41, 5.74) is 2.34. The van der Waals surface area contributed by atoms with Gasteiger partial charge in [-0.15, -0.1) is 0 Å². The molecule has 1 aromatic carbocycles. The number of hydrogen-bond acceptors (Lipinski definition) is 1. The van der Waals surface area contributed by atoms with Gasteiger partial charge in [-0.05, 0) is 54.7 Å². The maximum Gasteiger partial charge on any atom is 0.251 e. The van der Waals surface area contributed by atoms with Crippen molar-refractivity contribution < 1.29 is 4.79 Å². The van der Waals surface area contributed by atoms with Crippen molar-refractivity contribution in [2.24, 2.45) is 10.8 Å². The topological polar surface area (TPSA) is 29.1 Å². The fourth-order valence-corrected chi connectivity index (χ4v) is 4.43. The monoisotopic (exact) mass is 351 g/mol. The molecular formula is C18H26BrNO. The lowest BCUT2D eigenvalue weighted by Crippen LogP contribution is -2.46. The van der Waals surface area contributed by atoms with Crippen LogP contribution in [0.1, 0.15) is 62.9 Å². The van der Waals surface area contributed by atoms with Crippen molar-refractivity contribution in [1.29, 1.82) is 0 Å². The van der Waals surface area contributed by atoms with E-state index >= 15 is 0 Å². The van der Waals surface area contributed by atoms with Crippen LogP contribution in [0.15, 0.2) is 22.7 Å². The van der Waals surface area contributed by atoms with E-state index in [0.717, 1.165) is 28.4 Å². The lowest BCUT2D eigenvalue weighted by Gasteiger charge is -2.45. The number of nitrogens with one attached hydrogen (secondary N) is 1. The number of carbonyl (C=O) groups is 1. The minimum atomic E-state index is 0.0484. The van der Waals surface area contributed by atoms with Crippen LogP contribution in [-0.2, 0) is 0 Å². The number of carbonyl (C=O) groups excluding carboxylic acids is 1. The molecule has 0 radical (unpaired) electrons. The Bertz CT molecular complexity index is 532. The summed E-state index contributed by atoms with van der Waals surface area (Å²) in [6, 6.07) is 6.04. The highest BCUT2D eigenvalue weighted by atomic mass is 79.9. The van der Waals surface area contributed by atoms with E-state index in [2.05, 4.69) is 48.9 Å². The van der Waals surface area contributed by atoms with Crippen LogP contribution in [-0.4, -0.2) is 11.9 Å². The molecule has 0 bridgehead atoms. The molecule has 0 heterocycles. The van der Waals surface area contributed by atoms with Crippen molar-refractivity contribution >= 4 is 21.8 Å². The number of rotatable bonds is 2. The summed E-state index contributed by atoms with van der Waals surface area (Å²) in [6.45, 7) is 11.2. The van der Waals surface area contributed by atoms with Crippen LogP contribution in [0.2, 0.25) is 0 Å². The summed E-state index contributed by atoms with van der Waals surface area (Å²) in [7, 11) is 0. The first-order chi connectivity index (χ1) is 9.60. The van der Waals surface area contributed by atoms with Gasteiger partial charge in [0.1, 0.15) is 0 Å². The zero-order valence-corrected chi connectivity index (χ0v) is 15.3. The van der Waals surface area contributed by atoms with Gasteiger partial charge in [0, 0.05) is 16.1 Å². The molecule has 2 nitrogen and oxygen atoms in total. The standard InChI is InChI=1S/C18H26BrNO/c1-12-14(7-6-8-15(12)19)16(21)20-13-9-17(2,3)11-18(4,5)10-13/h6-8,13H,9-11H2,1-5H3,(H,20,21). The SMILES string of the molecule is Cc1c(Br)cccc1C(=O)NC1CC(C)(C)CC(C)(C)C1. The summed E-state index contributed by atoms with van der Waals surface area (Å²) in [5.74, 6) is 0.0484. The first-order valence-electron chi connectivity index (χ1n) is 7.66. The van der Waals surface area contributed by atoms with E-state index in [0.29, 0.717) is 0 Å².